The van der Waals surface area contributed by atoms with Crippen LogP contribution in [0.2, 0.25) is 0 Å². The average Bonchev–Trinajstić information content (AvgIpc) is 3.52. The van der Waals surface area contributed by atoms with Crippen LogP contribution in [0.1, 0.15) is 88.0 Å². The van der Waals surface area contributed by atoms with Crippen LogP contribution in [0.4, 0.5) is 4.79 Å². The van der Waals surface area contributed by atoms with Gasteiger partial charge in [-0.1, -0.05) is 27.7 Å². The molecule has 2 bridgehead atoms. The number of hydrogen-bond donors (Lipinski definition) is 1. The number of ether oxygens (including phenoxy) is 6. The largest absolute Gasteiger partial charge is 0.458 e. The molecule has 0 aromatic carbocycles. The molecule has 0 aromatic heterocycles. The van der Waals surface area contributed by atoms with Crippen LogP contribution in [0.15, 0.2) is 0 Å². The molecule has 302 valence electrons. The lowest BCUT2D eigenvalue weighted by atomic mass is 9.68. The van der Waals surface area contributed by atoms with Gasteiger partial charge in [0, 0.05) is 49.5 Å². The number of carbonyl (C=O) groups is 7. The Kier molecular flexibility index (Phi) is 12.1. The molecule has 15 nitrogen and oxygen atoms in total. The normalized spacial score (nSPS) is 44.6. The van der Waals surface area contributed by atoms with Gasteiger partial charge in [0.05, 0.1) is 24.0 Å². The smallest absolute Gasteiger partial charge is 0.408 e. The lowest BCUT2D eigenvalue weighted by Gasteiger charge is -2.47. The number of nitrogens with one attached hydrogen (secondary N) is 1. The zero-order valence-corrected chi connectivity index (χ0v) is 33.4. The minimum atomic E-state index is -1.83. The predicted molar refractivity (Wildman–Crippen MR) is 189 cm³/mol. The van der Waals surface area contributed by atoms with E-state index in [1.165, 1.54) is 27.7 Å². The molecule has 5 rings (SSSR count). The number of Topliss-reactive ketones (excluding diaryl/α,β-unsaturated/α-hetero) is 3. The van der Waals surface area contributed by atoms with Gasteiger partial charge in [0.25, 0.3) is 0 Å². The Bertz CT molecular complexity index is 1530. The molecule has 4 aliphatic heterocycles. The second kappa shape index (κ2) is 15.6. The molecule has 54 heavy (non-hydrogen) atoms. The molecule has 15 heteroatoms. The number of esters is 3. The van der Waals surface area contributed by atoms with E-state index in [1.54, 1.807) is 27.7 Å². The average molecular weight is 763 g/mol. The number of alkyl carbamates (subject to hydrolysis) is 1. The predicted octanol–water partition coefficient (Wildman–Crippen LogP) is 3.03. The summed E-state index contributed by atoms with van der Waals surface area (Å²) in [4.78, 5) is 98.9. The van der Waals surface area contributed by atoms with Gasteiger partial charge in [-0.25, -0.2) is 4.79 Å². The van der Waals surface area contributed by atoms with Crippen molar-refractivity contribution in [3.8, 4) is 0 Å². The second-order valence-corrected chi connectivity index (χ2v) is 17.0. The van der Waals surface area contributed by atoms with Crippen molar-refractivity contribution in [1.82, 2.24) is 10.2 Å². The number of rotatable bonds is 6. The highest BCUT2D eigenvalue weighted by Crippen LogP contribution is 2.50. The Labute approximate surface area is 317 Å². The summed E-state index contributed by atoms with van der Waals surface area (Å²) in [5.41, 5.74) is -3.28. The van der Waals surface area contributed by atoms with Crippen molar-refractivity contribution in [3.63, 3.8) is 0 Å². The van der Waals surface area contributed by atoms with Gasteiger partial charge < -0.3 is 38.6 Å². The van der Waals surface area contributed by atoms with E-state index in [4.69, 9.17) is 28.4 Å². The maximum Gasteiger partial charge on any atom is 0.408 e. The van der Waals surface area contributed by atoms with Gasteiger partial charge in [0.2, 0.25) is 0 Å². The van der Waals surface area contributed by atoms with Gasteiger partial charge in [-0.05, 0) is 61.1 Å². The van der Waals surface area contributed by atoms with E-state index in [-0.39, 0.29) is 37.1 Å². The molecule has 0 spiro atoms. The van der Waals surface area contributed by atoms with Gasteiger partial charge in [-0.2, -0.15) is 0 Å². The first-order valence-corrected chi connectivity index (χ1v) is 19.3. The molecule has 1 saturated carbocycles. The molecule has 16 atom stereocenters. The SMILES string of the molecule is CC[C@H]1OC(=O)[C@H](C)C(=O)[C@H](C)[C@@H](OC2OC(C)CC(CN(C)C)[C@H]2OC(C)=O)[C@]2(C)OC(=O)NC2C2C(=O)CC3C(C[C@@H](C)C(=O)[C@@H]2C)C(=O)O[C@@]31C. The van der Waals surface area contributed by atoms with Crippen LogP contribution in [0.3, 0.4) is 0 Å². The van der Waals surface area contributed by atoms with Crippen LogP contribution >= 0.6 is 0 Å². The van der Waals surface area contributed by atoms with Gasteiger partial charge in [-0.15, -0.1) is 0 Å². The van der Waals surface area contributed by atoms with E-state index in [9.17, 15) is 33.6 Å². The Morgan fingerprint density at radius 2 is 1.57 bits per heavy atom. The molecule has 4 saturated heterocycles. The number of amides is 1. The van der Waals surface area contributed by atoms with Crippen molar-refractivity contribution in [3.05, 3.63) is 0 Å². The van der Waals surface area contributed by atoms with Crippen molar-refractivity contribution >= 4 is 41.4 Å². The van der Waals surface area contributed by atoms with Crippen molar-refractivity contribution in [2.24, 2.45) is 47.3 Å². The number of hydrogen-bond acceptors (Lipinski definition) is 14. The third-order valence-corrected chi connectivity index (χ3v) is 12.7. The van der Waals surface area contributed by atoms with Gasteiger partial charge >= 0.3 is 24.0 Å². The first-order chi connectivity index (χ1) is 25.1. The zero-order valence-electron chi connectivity index (χ0n) is 33.4. The molecule has 1 N–H and O–H groups in total. The topological polar surface area (TPSA) is 190 Å². The monoisotopic (exact) mass is 762 g/mol. The van der Waals surface area contributed by atoms with Gasteiger partial charge in [0.15, 0.2) is 23.8 Å². The van der Waals surface area contributed by atoms with Gasteiger partial charge in [0.1, 0.15) is 35.3 Å². The van der Waals surface area contributed by atoms with Crippen LogP contribution in [0, 0.1) is 47.3 Å². The second-order valence-electron chi connectivity index (χ2n) is 17.0. The minimum Gasteiger partial charge on any atom is -0.458 e. The maximum atomic E-state index is 14.9. The van der Waals surface area contributed by atoms with E-state index in [0.717, 1.165) is 0 Å². The fourth-order valence-electron chi connectivity index (χ4n) is 9.96. The number of fused-ring (bicyclic) bond motifs is 4. The Balaban J connectivity index is 1.70. The van der Waals surface area contributed by atoms with Gasteiger partial charge in [-0.3, -0.25) is 28.8 Å². The summed E-state index contributed by atoms with van der Waals surface area (Å²) in [5, 5.41) is 2.80. The zero-order chi connectivity index (χ0) is 40.2. The van der Waals surface area contributed by atoms with E-state index in [1.807, 2.05) is 25.9 Å². The van der Waals surface area contributed by atoms with E-state index in [0.29, 0.717) is 13.0 Å². The first-order valence-electron chi connectivity index (χ1n) is 19.3. The summed E-state index contributed by atoms with van der Waals surface area (Å²) >= 11 is 0. The van der Waals surface area contributed by atoms with Crippen molar-refractivity contribution in [2.75, 3.05) is 20.6 Å². The highest BCUT2D eigenvalue weighted by molar-refractivity contribution is 6.00. The maximum absolute atomic E-state index is 14.9. The molecule has 1 amide bonds. The molecule has 7 unspecified atom stereocenters. The molecular formula is C39H58N2O13. The molecule has 0 aromatic rings. The molecule has 5 aliphatic rings. The van der Waals surface area contributed by atoms with Crippen LogP contribution in [-0.4, -0.2) is 115 Å². The summed E-state index contributed by atoms with van der Waals surface area (Å²) in [6, 6.07) is -1.22. The molecule has 5 fully saturated rings. The van der Waals surface area contributed by atoms with E-state index >= 15 is 0 Å². The lowest BCUT2D eigenvalue weighted by molar-refractivity contribution is -0.295. The Hall–Kier alpha value is -3.43. The fourth-order valence-corrected chi connectivity index (χ4v) is 9.96. The quantitative estimate of drug-likeness (QED) is 0.236. The number of carbonyl (C=O) groups excluding carboxylic acids is 7. The van der Waals surface area contributed by atoms with E-state index < -0.39 is 119 Å². The first kappa shape index (κ1) is 41.7. The summed E-state index contributed by atoms with van der Waals surface area (Å²) in [6.45, 7) is 14.8. The minimum absolute atomic E-state index is 0.109. The molecule has 0 radical (unpaired) electrons. The van der Waals surface area contributed by atoms with Crippen LogP contribution in [0.5, 0.6) is 0 Å². The van der Waals surface area contributed by atoms with Crippen LogP contribution in [-0.2, 0) is 57.2 Å². The van der Waals surface area contributed by atoms with E-state index in [2.05, 4.69) is 5.32 Å². The highest BCUT2D eigenvalue weighted by atomic mass is 16.7. The highest BCUT2D eigenvalue weighted by Gasteiger charge is 2.64. The third kappa shape index (κ3) is 7.56. The van der Waals surface area contributed by atoms with Crippen LogP contribution in [0.25, 0.3) is 0 Å². The standard InChI is InChI=1S/C39H58N2O13/c1-12-27-38(8)25-15-26(43)28(19(4)29(44)17(2)13-24(25)35(47)53-38)32-39(9,54-37(48)40-32)33(20(5)30(45)21(6)34(46)51-27)52-36-31(50-22(7)42)23(16-41(10)11)14-18(3)49-36/h17-21,23-25,27-28,31-33,36H,12-16H2,1-11H3,(H,40,48)/t17-,18?,19-,20+,21-,23?,24?,25?,27-,28?,31-,32?,33-,36?,38+,39-/m1/s1. The van der Waals surface area contributed by atoms with Crippen LogP contribution < -0.4 is 5.32 Å². The summed E-state index contributed by atoms with van der Waals surface area (Å²) in [7, 11) is 3.77. The van der Waals surface area contributed by atoms with Crippen molar-refractivity contribution in [2.45, 2.75) is 136 Å². The summed E-state index contributed by atoms with van der Waals surface area (Å²) in [6.07, 6.45) is -5.30. The Morgan fingerprint density at radius 3 is 2.19 bits per heavy atom. The summed E-state index contributed by atoms with van der Waals surface area (Å²) < 4.78 is 37.0. The number of cyclic esters (lactones) is 1. The molecule has 1 aliphatic carbocycles. The lowest BCUT2D eigenvalue weighted by Crippen LogP contribution is -2.63. The summed E-state index contributed by atoms with van der Waals surface area (Å²) in [5.74, 6) is -10.7. The van der Waals surface area contributed by atoms with Crippen molar-refractivity contribution in [1.29, 1.82) is 0 Å². The fraction of sp³-hybridized carbons (Fsp3) is 0.821. The number of nitrogens with zero attached hydrogens (tertiary/aromatic N) is 1. The molecular weight excluding hydrogens is 704 g/mol. The molecule has 4 heterocycles. The van der Waals surface area contributed by atoms with Crippen molar-refractivity contribution < 1.29 is 62.0 Å². The number of ketones is 3. The Morgan fingerprint density at radius 1 is 0.907 bits per heavy atom. The third-order valence-electron chi connectivity index (χ3n) is 12.7.